The topological polar surface area (TPSA) is 90.7 Å². The smallest absolute Gasteiger partial charge is 0.249 e. The minimum atomic E-state index is -0.348. The lowest BCUT2D eigenvalue weighted by molar-refractivity contribution is -0.133. The summed E-state index contributed by atoms with van der Waals surface area (Å²) < 4.78 is 0. The highest BCUT2D eigenvalue weighted by atomic mass is 16.2. The highest BCUT2D eigenvalue weighted by molar-refractivity contribution is 6.01. The molecule has 0 aliphatic carbocycles. The van der Waals surface area contributed by atoms with Gasteiger partial charge in [0.1, 0.15) is 6.04 Å². The molecule has 7 heteroatoms. The predicted octanol–water partition coefficient (Wildman–Crippen LogP) is 1.73. The van der Waals surface area contributed by atoms with Gasteiger partial charge in [-0.2, -0.15) is 0 Å². The van der Waals surface area contributed by atoms with Gasteiger partial charge < -0.3 is 16.0 Å². The molecule has 2 saturated heterocycles. The number of fused-ring (bicyclic) bond motifs is 1. The van der Waals surface area contributed by atoms with Crippen molar-refractivity contribution in [2.45, 2.75) is 37.9 Å². The Balaban J connectivity index is 1.14. The third kappa shape index (κ3) is 3.73. The number of nitrogens with zero attached hydrogens (tertiary/aromatic N) is 2. The normalized spacial score (nSPS) is 22.3. The number of piperidine rings is 1. The highest BCUT2D eigenvalue weighted by Gasteiger charge is 2.33. The first kappa shape index (κ1) is 18.9. The van der Waals surface area contributed by atoms with Crippen molar-refractivity contribution in [3.8, 4) is 0 Å². The predicted molar refractivity (Wildman–Crippen MR) is 117 cm³/mol. The average molecular weight is 406 g/mol. The van der Waals surface area contributed by atoms with Crippen LogP contribution in [0.2, 0.25) is 0 Å². The first-order valence-electron chi connectivity index (χ1n) is 10.6. The molecule has 3 aliphatic heterocycles. The Kier molecular flexibility index (Phi) is 4.83. The summed E-state index contributed by atoms with van der Waals surface area (Å²) in [6, 6.07) is 14.7. The molecule has 2 amide bonds. The molecule has 2 aromatic carbocycles. The van der Waals surface area contributed by atoms with Crippen LogP contribution >= 0.6 is 0 Å². The van der Waals surface area contributed by atoms with Crippen molar-refractivity contribution in [3.63, 3.8) is 0 Å². The lowest BCUT2D eigenvalue weighted by Crippen LogP contribution is -2.60. The van der Waals surface area contributed by atoms with Gasteiger partial charge >= 0.3 is 0 Å². The molecule has 3 heterocycles. The van der Waals surface area contributed by atoms with Crippen LogP contribution in [0.1, 0.15) is 24.0 Å². The van der Waals surface area contributed by atoms with Crippen LogP contribution in [0.3, 0.4) is 0 Å². The SMILES string of the molecule is Nc1ccc2c(c1)CCN(C1CN(c3ccc(NC4CCC(=O)NC4=O)cc3)C1)C2. The summed E-state index contributed by atoms with van der Waals surface area (Å²) in [5.74, 6) is -0.436. The van der Waals surface area contributed by atoms with E-state index in [2.05, 4.69) is 44.7 Å². The van der Waals surface area contributed by atoms with Crippen molar-refractivity contribution < 1.29 is 9.59 Å². The zero-order valence-corrected chi connectivity index (χ0v) is 16.9. The second kappa shape index (κ2) is 7.65. The van der Waals surface area contributed by atoms with E-state index >= 15 is 0 Å². The van der Waals surface area contributed by atoms with Crippen molar-refractivity contribution in [1.29, 1.82) is 0 Å². The number of imide groups is 1. The first-order chi connectivity index (χ1) is 14.5. The van der Waals surface area contributed by atoms with Crippen molar-refractivity contribution in [2.24, 2.45) is 0 Å². The molecular formula is C23H27N5O2. The fourth-order valence-electron chi connectivity index (χ4n) is 4.60. The molecule has 5 rings (SSSR count). The van der Waals surface area contributed by atoms with E-state index in [1.165, 1.54) is 16.8 Å². The number of carbonyl (C=O) groups is 2. The molecule has 2 fully saturated rings. The number of nitrogens with two attached hydrogens (primary N) is 1. The van der Waals surface area contributed by atoms with Crippen molar-refractivity contribution in [3.05, 3.63) is 53.6 Å². The molecule has 4 N–H and O–H groups in total. The summed E-state index contributed by atoms with van der Waals surface area (Å²) in [6.45, 7) is 4.15. The van der Waals surface area contributed by atoms with Crippen LogP contribution in [0.5, 0.6) is 0 Å². The van der Waals surface area contributed by atoms with E-state index in [0.29, 0.717) is 18.9 Å². The van der Waals surface area contributed by atoms with Crippen LogP contribution in [-0.2, 0) is 22.6 Å². The Hall–Kier alpha value is -3.06. The number of carbonyl (C=O) groups excluding carboxylic acids is 2. The van der Waals surface area contributed by atoms with Crippen molar-refractivity contribution in [1.82, 2.24) is 10.2 Å². The summed E-state index contributed by atoms with van der Waals surface area (Å²) in [5, 5.41) is 5.61. The second-order valence-corrected chi connectivity index (χ2v) is 8.50. The van der Waals surface area contributed by atoms with Gasteiger partial charge in [0, 0.05) is 55.7 Å². The largest absolute Gasteiger partial charge is 0.399 e. The molecule has 7 nitrogen and oxygen atoms in total. The summed E-state index contributed by atoms with van der Waals surface area (Å²) in [4.78, 5) is 28.1. The van der Waals surface area contributed by atoms with E-state index in [1.54, 1.807) is 0 Å². The van der Waals surface area contributed by atoms with Crippen molar-refractivity contribution >= 4 is 28.9 Å². The third-order valence-electron chi connectivity index (χ3n) is 6.46. The number of nitrogens with one attached hydrogen (secondary N) is 2. The number of anilines is 3. The maximum Gasteiger partial charge on any atom is 0.249 e. The van der Waals surface area contributed by atoms with E-state index < -0.39 is 0 Å². The maximum absolute atomic E-state index is 11.9. The zero-order chi connectivity index (χ0) is 20.7. The fourth-order valence-corrected chi connectivity index (χ4v) is 4.60. The standard InChI is InChI=1S/C23H27N5O2/c24-17-2-1-16-12-27(10-9-15(16)11-17)20-13-28(14-20)19-5-3-18(4-6-19)25-21-7-8-22(29)26-23(21)30/h1-6,11,20-21,25H,7-10,12-14,24H2,(H,26,29,30). The Bertz CT molecular complexity index is 968. The number of benzene rings is 2. The number of nitrogen functional groups attached to an aromatic ring is 1. The molecule has 30 heavy (non-hydrogen) atoms. The van der Waals surface area contributed by atoms with Gasteiger partial charge in [0.2, 0.25) is 11.8 Å². The molecule has 0 bridgehead atoms. The van der Waals surface area contributed by atoms with E-state index in [9.17, 15) is 9.59 Å². The molecule has 0 saturated carbocycles. The number of hydrogen-bond acceptors (Lipinski definition) is 6. The zero-order valence-electron chi connectivity index (χ0n) is 16.9. The van der Waals surface area contributed by atoms with E-state index in [1.807, 2.05) is 18.2 Å². The van der Waals surface area contributed by atoms with E-state index in [-0.39, 0.29) is 17.9 Å². The Morgan fingerprint density at radius 3 is 2.57 bits per heavy atom. The highest BCUT2D eigenvalue weighted by Crippen LogP contribution is 2.29. The lowest BCUT2D eigenvalue weighted by atomic mass is 9.95. The number of amides is 2. The van der Waals surface area contributed by atoms with Gasteiger partial charge in [0.25, 0.3) is 0 Å². The van der Waals surface area contributed by atoms with E-state index in [4.69, 9.17) is 5.73 Å². The Morgan fingerprint density at radius 1 is 1.00 bits per heavy atom. The van der Waals surface area contributed by atoms with Gasteiger partial charge in [-0.3, -0.25) is 19.8 Å². The number of rotatable bonds is 4. The average Bonchev–Trinajstić information content (AvgIpc) is 2.70. The molecule has 156 valence electrons. The molecule has 1 atom stereocenters. The number of hydrogen-bond donors (Lipinski definition) is 3. The van der Waals surface area contributed by atoms with Crippen LogP contribution in [0, 0.1) is 0 Å². The second-order valence-electron chi connectivity index (χ2n) is 8.50. The fraction of sp³-hybridized carbons (Fsp3) is 0.391. The first-order valence-corrected chi connectivity index (χ1v) is 10.6. The summed E-state index contributed by atoms with van der Waals surface area (Å²) in [5.41, 5.74) is 11.7. The molecular weight excluding hydrogens is 378 g/mol. The quantitative estimate of drug-likeness (QED) is 0.530. The lowest BCUT2D eigenvalue weighted by Gasteiger charge is -2.48. The Labute approximate surface area is 176 Å². The minimum absolute atomic E-state index is 0.193. The van der Waals surface area contributed by atoms with Crippen LogP contribution in [0.15, 0.2) is 42.5 Å². The van der Waals surface area contributed by atoms with Gasteiger partial charge in [-0.05, 0) is 60.4 Å². The molecule has 0 radical (unpaired) electrons. The van der Waals surface area contributed by atoms with Gasteiger partial charge in [-0.15, -0.1) is 0 Å². The summed E-state index contributed by atoms with van der Waals surface area (Å²) >= 11 is 0. The van der Waals surface area contributed by atoms with Gasteiger partial charge in [0.15, 0.2) is 0 Å². The summed E-state index contributed by atoms with van der Waals surface area (Å²) in [7, 11) is 0. The van der Waals surface area contributed by atoms with Gasteiger partial charge in [-0.1, -0.05) is 6.07 Å². The molecule has 0 spiro atoms. The van der Waals surface area contributed by atoms with Gasteiger partial charge in [-0.25, -0.2) is 0 Å². The van der Waals surface area contributed by atoms with E-state index in [0.717, 1.165) is 44.0 Å². The Morgan fingerprint density at radius 2 is 1.80 bits per heavy atom. The minimum Gasteiger partial charge on any atom is -0.399 e. The molecule has 0 aromatic heterocycles. The molecule has 2 aromatic rings. The third-order valence-corrected chi connectivity index (χ3v) is 6.46. The molecule has 1 unspecified atom stereocenters. The van der Waals surface area contributed by atoms with Gasteiger partial charge in [0.05, 0.1) is 0 Å². The van der Waals surface area contributed by atoms with Crippen LogP contribution < -0.4 is 21.3 Å². The van der Waals surface area contributed by atoms with Crippen LogP contribution in [0.4, 0.5) is 17.1 Å². The molecule has 3 aliphatic rings. The maximum atomic E-state index is 11.9. The van der Waals surface area contributed by atoms with Crippen molar-refractivity contribution in [2.75, 3.05) is 35.6 Å². The van der Waals surface area contributed by atoms with Crippen LogP contribution in [0.25, 0.3) is 0 Å². The monoisotopic (exact) mass is 405 g/mol. The summed E-state index contributed by atoms with van der Waals surface area (Å²) in [6.07, 6.45) is 1.98. The van der Waals surface area contributed by atoms with Crippen LogP contribution in [-0.4, -0.2) is 48.4 Å².